The first-order valence-corrected chi connectivity index (χ1v) is 9.30. The van der Waals surface area contributed by atoms with E-state index in [1.54, 1.807) is 0 Å². The smallest absolute Gasteiger partial charge is 0.0409 e. The van der Waals surface area contributed by atoms with Crippen LogP contribution >= 0.6 is 23.4 Å². The van der Waals surface area contributed by atoms with E-state index in [9.17, 15) is 0 Å². The maximum Gasteiger partial charge on any atom is 0.0409 e. The monoisotopic (exact) mass is 329 g/mol. The van der Waals surface area contributed by atoms with Gasteiger partial charge in [-0.15, -0.1) is 0 Å². The van der Waals surface area contributed by atoms with Crippen molar-refractivity contribution in [2.75, 3.05) is 0 Å². The molecule has 2 aromatic carbocycles. The minimum Gasteiger partial charge on any atom is -0.307 e. The van der Waals surface area contributed by atoms with Gasteiger partial charge < -0.3 is 5.32 Å². The van der Waals surface area contributed by atoms with Crippen molar-refractivity contribution in [1.29, 1.82) is 0 Å². The molecule has 1 aliphatic heterocycles. The van der Waals surface area contributed by atoms with E-state index in [0.29, 0.717) is 12.1 Å². The van der Waals surface area contributed by atoms with E-state index in [1.165, 1.54) is 46.6 Å². The van der Waals surface area contributed by atoms with E-state index in [2.05, 4.69) is 41.7 Å². The average molecular weight is 330 g/mol. The summed E-state index contributed by atoms with van der Waals surface area (Å²) < 4.78 is 0. The van der Waals surface area contributed by atoms with Gasteiger partial charge in [-0.2, -0.15) is 0 Å². The molecular weight excluding hydrogens is 310 g/mol. The molecule has 1 N–H and O–H groups in total. The minimum atomic E-state index is 0.395. The van der Waals surface area contributed by atoms with Crippen molar-refractivity contribution in [1.82, 2.24) is 5.32 Å². The van der Waals surface area contributed by atoms with Gasteiger partial charge in [-0.25, -0.2) is 0 Å². The molecule has 0 amide bonds. The van der Waals surface area contributed by atoms with E-state index >= 15 is 0 Å². The van der Waals surface area contributed by atoms with E-state index in [-0.39, 0.29) is 0 Å². The van der Waals surface area contributed by atoms with Gasteiger partial charge in [0.1, 0.15) is 0 Å². The van der Waals surface area contributed by atoms with Gasteiger partial charge in [0, 0.05) is 26.9 Å². The first-order valence-electron chi connectivity index (χ1n) is 8.11. The van der Waals surface area contributed by atoms with Crippen molar-refractivity contribution in [2.24, 2.45) is 0 Å². The lowest BCUT2D eigenvalue weighted by atomic mass is 9.97. The summed E-state index contributed by atoms with van der Waals surface area (Å²) in [6, 6.07) is 16.2. The van der Waals surface area contributed by atoms with E-state index in [0.717, 1.165) is 11.4 Å². The molecule has 0 aromatic heterocycles. The topological polar surface area (TPSA) is 12.0 Å². The molecule has 22 heavy (non-hydrogen) atoms. The highest BCUT2D eigenvalue weighted by Crippen LogP contribution is 2.42. The van der Waals surface area contributed by atoms with Gasteiger partial charge in [-0.1, -0.05) is 54.4 Å². The zero-order chi connectivity index (χ0) is 14.9. The molecule has 0 saturated heterocycles. The Labute approximate surface area is 141 Å². The second-order valence-electron chi connectivity index (χ2n) is 6.30. The van der Waals surface area contributed by atoms with Crippen LogP contribution in [0.15, 0.2) is 52.3 Å². The molecule has 1 heterocycles. The van der Waals surface area contributed by atoms with Crippen LogP contribution in [0.5, 0.6) is 0 Å². The van der Waals surface area contributed by atoms with Crippen LogP contribution in [-0.2, 0) is 6.42 Å². The highest BCUT2D eigenvalue weighted by atomic mass is 35.5. The summed E-state index contributed by atoms with van der Waals surface area (Å²) in [5, 5.41) is 4.76. The highest BCUT2D eigenvalue weighted by Gasteiger charge is 2.26. The summed E-state index contributed by atoms with van der Waals surface area (Å²) >= 11 is 8.10. The molecule has 1 fully saturated rings. The molecule has 1 saturated carbocycles. The Morgan fingerprint density at radius 1 is 1.00 bits per heavy atom. The quantitative estimate of drug-likeness (QED) is 0.767. The number of fused-ring (bicyclic) bond motifs is 2. The lowest BCUT2D eigenvalue weighted by Gasteiger charge is -2.23. The third-order valence-electron chi connectivity index (χ3n) is 4.75. The van der Waals surface area contributed by atoms with Gasteiger partial charge in [0.05, 0.1) is 0 Å². The molecule has 3 heteroatoms. The molecule has 2 aliphatic rings. The summed E-state index contributed by atoms with van der Waals surface area (Å²) in [7, 11) is 0. The van der Waals surface area contributed by atoms with Crippen LogP contribution in [0, 0.1) is 0 Å². The molecule has 1 nitrogen and oxygen atoms in total. The summed E-state index contributed by atoms with van der Waals surface area (Å²) in [6.45, 7) is 0. The van der Waals surface area contributed by atoms with Crippen molar-refractivity contribution in [2.45, 2.75) is 54.0 Å². The minimum absolute atomic E-state index is 0.395. The largest absolute Gasteiger partial charge is 0.307 e. The molecule has 0 unspecified atom stereocenters. The van der Waals surface area contributed by atoms with E-state index in [4.69, 9.17) is 11.6 Å². The number of hydrogen-bond donors (Lipinski definition) is 1. The molecule has 4 rings (SSSR count). The molecule has 0 bridgehead atoms. The van der Waals surface area contributed by atoms with Crippen molar-refractivity contribution in [3.05, 3.63) is 58.6 Å². The highest BCUT2D eigenvalue weighted by molar-refractivity contribution is 7.99. The number of benzene rings is 2. The molecular formula is C19H20ClNS. The first kappa shape index (κ1) is 14.6. The molecule has 1 aliphatic carbocycles. The predicted molar refractivity (Wildman–Crippen MR) is 93.9 cm³/mol. The summed E-state index contributed by atoms with van der Waals surface area (Å²) in [4.78, 5) is 2.71. The van der Waals surface area contributed by atoms with Crippen molar-refractivity contribution in [3.8, 4) is 0 Å². The van der Waals surface area contributed by atoms with E-state index in [1.807, 2.05) is 17.8 Å². The molecule has 0 radical (unpaired) electrons. The molecule has 0 spiro atoms. The standard InChI is InChI=1S/C19H20ClNS/c20-14-9-10-18-13(11-14)12-17(21-15-5-1-2-6-15)16-7-3-4-8-19(16)22-18/h3-4,7-11,15,17,21H,1-2,5-6,12H2/t17-/m0/s1. The van der Waals surface area contributed by atoms with Crippen molar-refractivity contribution >= 4 is 23.4 Å². The zero-order valence-corrected chi connectivity index (χ0v) is 14.1. The fourth-order valence-corrected chi connectivity index (χ4v) is 4.96. The van der Waals surface area contributed by atoms with Crippen LogP contribution in [-0.4, -0.2) is 6.04 Å². The Bertz CT molecular complexity index is 679. The Kier molecular flexibility index (Phi) is 4.17. The number of nitrogens with one attached hydrogen (secondary N) is 1. The zero-order valence-electron chi connectivity index (χ0n) is 12.5. The van der Waals surface area contributed by atoms with Crippen LogP contribution in [0.2, 0.25) is 5.02 Å². The Balaban J connectivity index is 1.72. The van der Waals surface area contributed by atoms with Gasteiger partial charge in [0.2, 0.25) is 0 Å². The molecule has 1 atom stereocenters. The van der Waals surface area contributed by atoms with Crippen LogP contribution in [0.1, 0.15) is 42.9 Å². The lowest BCUT2D eigenvalue weighted by Crippen LogP contribution is -2.32. The number of rotatable bonds is 2. The average Bonchev–Trinajstić information content (AvgIpc) is 2.97. The number of halogens is 1. The lowest BCUT2D eigenvalue weighted by molar-refractivity contribution is 0.433. The Morgan fingerprint density at radius 3 is 2.68 bits per heavy atom. The van der Waals surface area contributed by atoms with Crippen molar-refractivity contribution < 1.29 is 0 Å². The van der Waals surface area contributed by atoms with Gasteiger partial charge in [-0.05, 0) is 54.7 Å². The maximum absolute atomic E-state index is 6.23. The van der Waals surface area contributed by atoms with Gasteiger partial charge in [0.25, 0.3) is 0 Å². The van der Waals surface area contributed by atoms with Gasteiger partial charge in [-0.3, -0.25) is 0 Å². The SMILES string of the molecule is Clc1ccc2c(c1)C[C@H](NC1CCCC1)c1ccccc1S2. The van der Waals surface area contributed by atoms with Gasteiger partial charge >= 0.3 is 0 Å². The second-order valence-corrected chi connectivity index (χ2v) is 7.82. The van der Waals surface area contributed by atoms with E-state index < -0.39 is 0 Å². The summed E-state index contributed by atoms with van der Waals surface area (Å²) in [5.74, 6) is 0. The third-order valence-corrected chi connectivity index (χ3v) is 6.20. The fraction of sp³-hybridized carbons (Fsp3) is 0.368. The maximum atomic E-state index is 6.23. The van der Waals surface area contributed by atoms with Crippen molar-refractivity contribution in [3.63, 3.8) is 0 Å². The number of hydrogen-bond acceptors (Lipinski definition) is 2. The second kappa shape index (κ2) is 6.27. The molecule has 2 aromatic rings. The fourth-order valence-electron chi connectivity index (χ4n) is 3.64. The molecule has 114 valence electrons. The Morgan fingerprint density at radius 2 is 1.82 bits per heavy atom. The van der Waals surface area contributed by atoms with Crippen LogP contribution in [0.4, 0.5) is 0 Å². The Hall–Kier alpha value is -0.960. The van der Waals surface area contributed by atoms with Gasteiger partial charge in [0.15, 0.2) is 0 Å². The normalized spacial score (nSPS) is 21.2. The summed E-state index contributed by atoms with van der Waals surface area (Å²) in [5.41, 5.74) is 2.80. The summed E-state index contributed by atoms with van der Waals surface area (Å²) in [6.07, 6.45) is 6.38. The first-order chi connectivity index (χ1) is 10.8. The van der Waals surface area contributed by atoms with Crippen LogP contribution < -0.4 is 5.32 Å². The third kappa shape index (κ3) is 2.92. The van der Waals surface area contributed by atoms with Crippen LogP contribution in [0.3, 0.4) is 0 Å². The van der Waals surface area contributed by atoms with Crippen LogP contribution in [0.25, 0.3) is 0 Å². The predicted octanol–water partition coefficient (Wildman–Crippen LogP) is 5.62.